The minimum absolute atomic E-state index is 0.245. The smallest absolute Gasteiger partial charge is 0.198 e. The van der Waals surface area contributed by atoms with Crippen LogP contribution in [-0.2, 0) is 10.2 Å². The zero-order valence-electron chi connectivity index (χ0n) is 12.2. The third-order valence-corrected chi connectivity index (χ3v) is 5.28. The Hall–Kier alpha value is -0.640. The van der Waals surface area contributed by atoms with E-state index in [1.54, 1.807) is 4.31 Å². The van der Waals surface area contributed by atoms with Crippen molar-refractivity contribution >= 4 is 10.2 Å². The van der Waals surface area contributed by atoms with E-state index in [9.17, 15) is 8.42 Å². The lowest BCUT2D eigenvalue weighted by Crippen LogP contribution is -2.48. The first-order valence-corrected chi connectivity index (χ1v) is 8.39. The van der Waals surface area contributed by atoms with Gasteiger partial charge in [-0.1, -0.05) is 20.8 Å². The Labute approximate surface area is 117 Å². The average molecular weight is 287 g/mol. The third-order valence-electron chi connectivity index (χ3n) is 3.31. The first-order chi connectivity index (χ1) is 8.87. The second-order valence-corrected chi connectivity index (χ2v) is 7.70. The normalized spacial score (nSPS) is 21.8. The molecule has 1 atom stereocenters. The molecule has 0 aromatic carbocycles. The maximum atomic E-state index is 12.6. The topological polar surface area (TPSA) is 64.4 Å². The predicted octanol–water partition coefficient (Wildman–Crippen LogP) is 1.83. The van der Waals surface area contributed by atoms with Gasteiger partial charge in [-0.25, -0.2) is 0 Å². The first-order valence-electron chi connectivity index (χ1n) is 7.00. The van der Waals surface area contributed by atoms with Gasteiger partial charge in [-0.15, -0.1) is 0 Å². The van der Waals surface area contributed by atoms with Crippen LogP contribution in [0.2, 0.25) is 0 Å². The Morgan fingerprint density at radius 2 is 2.16 bits per heavy atom. The van der Waals surface area contributed by atoms with Crippen LogP contribution in [0.3, 0.4) is 0 Å². The second-order valence-electron chi connectivity index (χ2n) is 5.77. The minimum Gasteiger partial charge on any atom is -0.198 e. The molecular weight excluding hydrogens is 262 g/mol. The predicted molar refractivity (Wildman–Crippen MR) is 75.5 cm³/mol. The van der Waals surface area contributed by atoms with E-state index in [2.05, 4.69) is 6.92 Å². The Balaban J connectivity index is 2.82. The van der Waals surface area contributed by atoms with Crippen molar-refractivity contribution < 1.29 is 8.42 Å². The molecule has 110 valence electrons. The molecule has 1 unspecified atom stereocenters. The third kappa shape index (κ3) is 4.75. The highest BCUT2D eigenvalue weighted by Crippen LogP contribution is 2.21. The summed E-state index contributed by atoms with van der Waals surface area (Å²) in [7, 11) is -3.41. The molecule has 1 rings (SSSR count). The quantitative estimate of drug-likeness (QED) is 0.748. The number of nitriles is 1. The monoisotopic (exact) mass is 287 g/mol. The van der Waals surface area contributed by atoms with E-state index >= 15 is 0 Å². The SMILES string of the molecule is CC(C)CN(CCC#N)S(=O)(=O)N1CCCC(C)C1. The van der Waals surface area contributed by atoms with Crippen molar-refractivity contribution in [2.45, 2.75) is 40.0 Å². The van der Waals surface area contributed by atoms with E-state index in [0.29, 0.717) is 32.1 Å². The van der Waals surface area contributed by atoms with Crippen LogP contribution in [0.25, 0.3) is 0 Å². The van der Waals surface area contributed by atoms with E-state index in [4.69, 9.17) is 5.26 Å². The van der Waals surface area contributed by atoms with Gasteiger partial charge in [-0.2, -0.15) is 22.3 Å². The van der Waals surface area contributed by atoms with Crippen molar-refractivity contribution in [2.24, 2.45) is 11.8 Å². The molecule has 6 heteroatoms. The molecule has 5 nitrogen and oxygen atoms in total. The molecule has 1 aliphatic rings. The fourth-order valence-corrected chi connectivity index (χ4v) is 4.34. The molecule has 0 saturated carbocycles. The number of nitrogens with zero attached hydrogens (tertiary/aromatic N) is 3. The summed E-state index contributed by atoms with van der Waals surface area (Å²) in [6.45, 7) is 8.05. The van der Waals surface area contributed by atoms with E-state index in [1.165, 1.54) is 4.31 Å². The van der Waals surface area contributed by atoms with E-state index in [1.807, 2.05) is 19.9 Å². The largest absolute Gasteiger partial charge is 0.282 e. The first kappa shape index (κ1) is 16.4. The van der Waals surface area contributed by atoms with Crippen LogP contribution in [0, 0.1) is 23.2 Å². The number of piperidine rings is 1. The molecule has 1 fully saturated rings. The fraction of sp³-hybridized carbons (Fsp3) is 0.923. The summed E-state index contributed by atoms with van der Waals surface area (Å²) in [6.07, 6.45) is 2.26. The van der Waals surface area contributed by atoms with Gasteiger partial charge in [0.2, 0.25) is 0 Å². The summed E-state index contributed by atoms with van der Waals surface area (Å²) in [5, 5.41) is 8.68. The Bertz CT molecular complexity index is 414. The zero-order chi connectivity index (χ0) is 14.5. The standard InChI is InChI=1S/C13H25N3O2S/c1-12(2)10-15(9-5-7-14)19(17,18)16-8-4-6-13(3)11-16/h12-13H,4-6,8-11H2,1-3H3. The fourth-order valence-electron chi connectivity index (χ4n) is 2.40. The molecule has 0 spiro atoms. The van der Waals surface area contributed by atoms with Gasteiger partial charge < -0.3 is 0 Å². The van der Waals surface area contributed by atoms with Gasteiger partial charge in [-0.05, 0) is 24.7 Å². The number of hydrogen-bond donors (Lipinski definition) is 0. The van der Waals surface area contributed by atoms with Crippen molar-refractivity contribution in [1.82, 2.24) is 8.61 Å². The van der Waals surface area contributed by atoms with Gasteiger partial charge in [0.25, 0.3) is 10.2 Å². The minimum atomic E-state index is -3.41. The van der Waals surface area contributed by atoms with Crippen LogP contribution in [-0.4, -0.2) is 43.2 Å². The van der Waals surface area contributed by atoms with Crippen molar-refractivity contribution in [1.29, 1.82) is 5.26 Å². The Morgan fingerprint density at radius 1 is 1.47 bits per heavy atom. The molecule has 19 heavy (non-hydrogen) atoms. The lowest BCUT2D eigenvalue weighted by atomic mass is 10.0. The van der Waals surface area contributed by atoms with Crippen molar-refractivity contribution in [2.75, 3.05) is 26.2 Å². The van der Waals surface area contributed by atoms with E-state index in [-0.39, 0.29) is 12.3 Å². The summed E-state index contributed by atoms with van der Waals surface area (Å²) in [6, 6.07) is 2.03. The molecule has 0 radical (unpaired) electrons. The molecule has 1 aliphatic heterocycles. The molecule has 1 saturated heterocycles. The van der Waals surface area contributed by atoms with Crippen LogP contribution in [0.4, 0.5) is 0 Å². The highest BCUT2D eigenvalue weighted by Gasteiger charge is 2.32. The van der Waals surface area contributed by atoms with Crippen molar-refractivity contribution in [3.63, 3.8) is 0 Å². The van der Waals surface area contributed by atoms with Gasteiger partial charge in [0.05, 0.1) is 6.07 Å². The highest BCUT2D eigenvalue weighted by molar-refractivity contribution is 7.86. The number of rotatable bonds is 6. The molecular formula is C13H25N3O2S. The molecule has 0 aromatic heterocycles. The molecule has 0 bridgehead atoms. The van der Waals surface area contributed by atoms with Gasteiger partial charge >= 0.3 is 0 Å². The van der Waals surface area contributed by atoms with Gasteiger partial charge in [0, 0.05) is 32.6 Å². The summed E-state index contributed by atoms with van der Waals surface area (Å²) in [5.41, 5.74) is 0. The Morgan fingerprint density at radius 3 is 2.68 bits per heavy atom. The summed E-state index contributed by atoms with van der Waals surface area (Å²) < 4.78 is 28.3. The molecule has 0 N–H and O–H groups in total. The van der Waals surface area contributed by atoms with Crippen LogP contribution < -0.4 is 0 Å². The van der Waals surface area contributed by atoms with Gasteiger partial charge in [0.15, 0.2) is 0 Å². The summed E-state index contributed by atoms with van der Waals surface area (Å²) in [5.74, 6) is 0.677. The lowest BCUT2D eigenvalue weighted by Gasteiger charge is -2.34. The van der Waals surface area contributed by atoms with E-state index in [0.717, 1.165) is 12.8 Å². The van der Waals surface area contributed by atoms with Crippen molar-refractivity contribution in [3.8, 4) is 6.07 Å². The van der Waals surface area contributed by atoms with E-state index < -0.39 is 10.2 Å². The van der Waals surface area contributed by atoms with Crippen LogP contribution in [0.15, 0.2) is 0 Å². The van der Waals surface area contributed by atoms with Crippen LogP contribution >= 0.6 is 0 Å². The van der Waals surface area contributed by atoms with Crippen LogP contribution in [0.1, 0.15) is 40.0 Å². The maximum absolute atomic E-state index is 12.6. The Kier molecular flexibility index (Phi) is 6.24. The second kappa shape index (κ2) is 7.22. The van der Waals surface area contributed by atoms with Crippen LogP contribution in [0.5, 0.6) is 0 Å². The number of hydrogen-bond acceptors (Lipinski definition) is 3. The molecule has 0 amide bonds. The molecule has 1 heterocycles. The van der Waals surface area contributed by atoms with Gasteiger partial charge in [-0.3, -0.25) is 0 Å². The molecule has 0 aromatic rings. The van der Waals surface area contributed by atoms with Gasteiger partial charge in [0.1, 0.15) is 0 Å². The maximum Gasteiger partial charge on any atom is 0.282 e. The average Bonchev–Trinajstić information content (AvgIpc) is 2.34. The zero-order valence-corrected chi connectivity index (χ0v) is 13.0. The lowest BCUT2D eigenvalue weighted by molar-refractivity contribution is 0.252. The highest BCUT2D eigenvalue weighted by atomic mass is 32.2. The summed E-state index contributed by atoms with van der Waals surface area (Å²) in [4.78, 5) is 0. The summed E-state index contributed by atoms with van der Waals surface area (Å²) >= 11 is 0. The van der Waals surface area contributed by atoms with Crippen molar-refractivity contribution in [3.05, 3.63) is 0 Å². The molecule has 0 aliphatic carbocycles.